The van der Waals surface area contributed by atoms with E-state index in [4.69, 9.17) is 13.9 Å². The molecule has 2 rings (SSSR count). The summed E-state index contributed by atoms with van der Waals surface area (Å²) < 4.78 is 19.9. The highest BCUT2D eigenvalue weighted by Crippen LogP contribution is 2.42. The molecule has 8 nitrogen and oxygen atoms in total. The number of carbonyl (C=O) groups is 1. The zero-order valence-electron chi connectivity index (χ0n) is 11.0. The second kappa shape index (κ2) is 5.08. The standard InChI is InChI=1S/C12H11NO7/c1-17-8-5-7(13(15)16)11(18-2)10-6(8)4-9(20-10)12(14)19-3/h4-5H,1-3H3. The number of methoxy groups -OCH3 is 3. The lowest BCUT2D eigenvalue weighted by molar-refractivity contribution is -0.385. The number of ether oxygens (including phenoxy) is 3. The summed E-state index contributed by atoms with van der Waals surface area (Å²) in [5.74, 6) is -0.681. The van der Waals surface area contributed by atoms with E-state index in [1.807, 2.05) is 0 Å². The summed E-state index contributed by atoms with van der Waals surface area (Å²) in [6, 6.07) is 2.59. The summed E-state index contributed by atoms with van der Waals surface area (Å²) in [6.45, 7) is 0. The predicted octanol–water partition coefficient (Wildman–Crippen LogP) is 2.14. The normalized spacial score (nSPS) is 10.3. The van der Waals surface area contributed by atoms with Crippen LogP contribution >= 0.6 is 0 Å². The number of fused-ring (bicyclic) bond motifs is 1. The lowest BCUT2D eigenvalue weighted by Gasteiger charge is -2.05. The molecule has 0 fully saturated rings. The molecule has 0 saturated carbocycles. The van der Waals surface area contributed by atoms with Crippen molar-refractivity contribution in [3.63, 3.8) is 0 Å². The summed E-state index contributed by atoms with van der Waals surface area (Å²) >= 11 is 0. The molecule has 0 aliphatic rings. The largest absolute Gasteiger partial charge is 0.496 e. The summed E-state index contributed by atoms with van der Waals surface area (Å²) in [5.41, 5.74) is -0.262. The van der Waals surface area contributed by atoms with Crippen molar-refractivity contribution in [2.75, 3.05) is 21.3 Å². The molecular weight excluding hydrogens is 270 g/mol. The number of hydrogen-bond acceptors (Lipinski definition) is 7. The number of esters is 1. The van der Waals surface area contributed by atoms with E-state index in [-0.39, 0.29) is 28.5 Å². The van der Waals surface area contributed by atoms with Crippen LogP contribution in [-0.4, -0.2) is 32.2 Å². The van der Waals surface area contributed by atoms with Gasteiger partial charge in [0.15, 0.2) is 5.58 Å². The molecule has 0 unspecified atom stereocenters. The monoisotopic (exact) mass is 281 g/mol. The van der Waals surface area contributed by atoms with E-state index in [2.05, 4.69) is 4.74 Å². The average molecular weight is 281 g/mol. The molecule has 0 aliphatic heterocycles. The molecule has 0 N–H and O–H groups in total. The highest BCUT2D eigenvalue weighted by Gasteiger charge is 2.26. The Bertz CT molecular complexity index is 689. The smallest absolute Gasteiger partial charge is 0.373 e. The number of nitrogens with zero attached hydrogens (tertiary/aromatic N) is 1. The minimum atomic E-state index is -0.701. The molecule has 8 heteroatoms. The Balaban J connectivity index is 2.82. The van der Waals surface area contributed by atoms with E-state index < -0.39 is 10.9 Å². The highest BCUT2D eigenvalue weighted by atomic mass is 16.6. The lowest BCUT2D eigenvalue weighted by atomic mass is 10.2. The maximum absolute atomic E-state index is 11.5. The van der Waals surface area contributed by atoms with Gasteiger partial charge in [0.25, 0.3) is 0 Å². The molecule has 20 heavy (non-hydrogen) atoms. The molecule has 0 radical (unpaired) electrons. The van der Waals surface area contributed by atoms with E-state index >= 15 is 0 Å². The van der Waals surface area contributed by atoms with Crippen LogP contribution in [0.4, 0.5) is 5.69 Å². The van der Waals surface area contributed by atoms with Crippen molar-refractivity contribution in [2.24, 2.45) is 0 Å². The molecule has 1 aromatic carbocycles. The van der Waals surface area contributed by atoms with Gasteiger partial charge in [-0.05, 0) is 0 Å². The van der Waals surface area contributed by atoms with Crippen LogP contribution in [0.15, 0.2) is 16.5 Å². The number of carbonyl (C=O) groups excluding carboxylic acids is 1. The van der Waals surface area contributed by atoms with E-state index in [1.165, 1.54) is 33.5 Å². The number of nitro benzene ring substituents is 1. The molecule has 1 heterocycles. The van der Waals surface area contributed by atoms with Crippen molar-refractivity contribution in [3.8, 4) is 11.5 Å². The van der Waals surface area contributed by atoms with Crippen LogP contribution in [0.25, 0.3) is 11.0 Å². The number of rotatable bonds is 4. The molecule has 0 amide bonds. The lowest BCUT2D eigenvalue weighted by Crippen LogP contribution is -1.98. The molecule has 2 aromatic rings. The van der Waals surface area contributed by atoms with Gasteiger partial charge in [-0.1, -0.05) is 0 Å². The van der Waals surface area contributed by atoms with Crippen molar-refractivity contribution < 1.29 is 28.3 Å². The Morgan fingerprint density at radius 1 is 1.25 bits per heavy atom. The van der Waals surface area contributed by atoms with Gasteiger partial charge < -0.3 is 18.6 Å². The Morgan fingerprint density at radius 3 is 2.45 bits per heavy atom. The van der Waals surface area contributed by atoms with Gasteiger partial charge in [0.1, 0.15) is 5.75 Å². The molecule has 1 aromatic heterocycles. The van der Waals surface area contributed by atoms with Crippen molar-refractivity contribution >= 4 is 22.6 Å². The number of furan rings is 1. The second-order valence-electron chi connectivity index (χ2n) is 3.73. The number of nitro groups is 1. The number of hydrogen-bond donors (Lipinski definition) is 0. The fraction of sp³-hybridized carbons (Fsp3) is 0.250. The predicted molar refractivity (Wildman–Crippen MR) is 67.3 cm³/mol. The van der Waals surface area contributed by atoms with Gasteiger partial charge in [-0.15, -0.1) is 0 Å². The summed E-state index contributed by atoms with van der Waals surface area (Å²) in [7, 11) is 3.83. The van der Waals surface area contributed by atoms with Crippen molar-refractivity contribution in [1.82, 2.24) is 0 Å². The first-order valence-corrected chi connectivity index (χ1v) is 5.44. The van der Waals surface area contributed by atoms with Crippen molar-refractivity contribution in [1.29, 1.82) is 0 Å². The Hall–Kier alpha value is -2.77. The zero-order valence-corrected chi connectivity index (χ0v) is 11.0. The first-order chi connectivity index (χ1) is 9.53. The van der Waals surface area contributed by atoms with Crippen molar-refractivity contribution in [3.05, 3.63) is 28.0 Å². The fourth-order valence-electron chi connectivity index (χ4n) is 1.83. The minimum Gasteiger partial charge on any atom is -0.496 e. The van der Waals surface area contributed by atoms with E-state index in [0.29, 0.717) is 5.39 Å². The molecule has 0 atom stereocenters. The maximum Gasteiger partial charge on any atom is 0.373 e. The zero-order chi connectivity index (χ0) is 14.9. The van der Waals surface area contributed by atoms with Crippen LogP contribution in [0.3, 0.4) is 0 Å². The molecule has 0 aliphatic carbocycles. The van der Waals surface area contributed by atoms with Crippen LogP contribution in [0.2, 0.25) is 0 Å². The third kappa shape index (κ3) is 2.00. The first-order valence-electron chi connectivity index (χ1n) is 5.44. The van der Waals surface area contributed by atoms with E-state index in [9.17, 15) is 14.9 Å². The van der Waals surface area contributed by atoms with Gasteiger partial charge >= 0.3 is 11.7 Å². The van der Waals surface area contributed by atoms with Gasteiger partial charge in [-0.2, -0.15) is 0 Å². The van der Waals surface area contributed by atoms with Gasteiger partial charge in [-0.3, -0.25) is 10.1 Å². The first kappa shape index (κ1) is 13.7. The molecular formula is C12H11NO7. The van der Waals surface area contributed by atoms with Gasteiger partial charge in [0.05, 0.1) is 37.7 Å². The minimum absolute atomic E-state index is 0.0546. The van der Waals surface area contributed by atoms with E-state index in [0.717, 1.165) is 0 Å². The second-order valence-corrected chi connectivity index (χ2v) is 3.73. The van der Waals surface area contributed by atoms with Crippen LogP contribution < -0.4 is 9.47 Å². The van der Waals surface area contributed by atoms with Crippen LogP contribution in [0.5, 0.6) is 11.5 Å². The summed E-state index contributed by atoms with van der Waals surface area (Å²) in [4.78, 5) is 21.9. The highest BCUT2D eigenvalue weighted by molar-refractivity contribution is 5.98. The third-order valence-corrected chi connectivity index (χ3v) is 2.71. The number of benzene rings is 1. The Morgan fingerprint density at radius 2 is 1.95 bits per heavy atom. The van der Waals surface area contributed by atoms with Crippen LogP contribution in [0, 0.1) is 10.1 Å². The van der Waals surface area contributed by atoms with E-state index in [1.54, 1.807) is 0 Å². The molecule has 0 spiro atoms. The average Bonchev–Trinajstić information content (AvgIpc) is 2.89. The van der Waals surface area contributed by atoms with Crippen LogP contribution in [0.1, 0.15) is 10.6 Å². The molecule has 0 saturated heterocycles. The maximum atomic E-state index is 11.5. The third-order valence-electron chi connectivity index (χ3n) is 2.71. The van der Waals surface area contributed by atoms with Crippen LogP contribution in [-0.2, 0) is 4.74 Å². The molecule has 0 bridgehead atoms. The Kier molecular flexibility index (Phi) is 3.47. The van der Waals surface area contributed by atoms with Gasteiger partial charge in [-0.25, -0.2) is 4.79 Å². The van der Waals surface area contributed by atoms with Gasteiger partial charge in [0, 0.05) is 6.07 Å². The molecule has 106 valence electrons. The van der Waals surface area contributed by atoms with Crippen molar-refractivity contribution in [2.45, 2.75) is 0 Å². The summed E-state index contributed by atoms with van der Waals surface area (Å²) in [5, 5.41) is 11.4. The summed E-state index contributed by atoms with van der Waals surface area (Å²) in [6.07, 6.45) is 0. The fourth-order valence-corrected chi connectivity index (χ4v) is 1.83. The Labute approximate surface area is 113 Å². The van der Waals surface area contributed by atoms with Gasteiger partial charge in [0.2, 0.25) is 11.5 Å². The SMILES string of the molecule is COC(=O)c1cc2c(OC)cc([N+](=O)[O-])c(OC)c2o1. The topological polar surface area (TPSA) is 101 Å². The quantitative estimate of drug-likeness (QED) is 0.480.